The fourth-order valence-electron chi connectivity index (χ4n) is 1.17. The van der Waals surface area contributed by atoms with Crippen molar-refractivity contribution in [3.63, 3.8) is 0 Å². The first-order valence-corrected chi connectivity index (χ1v) is 5.91. The summed E-state index contributed by atoms with van der Waals surface area (Å²) in [5, 5.41) is 9.59. The molecular weight excluding hydrogens is 296 g/mol. The number of hydrogen-bond donors (Lipinski definition) is 1. The van der Waals surface area contributed by atoms with Gasteiger partial charge in [0.05, 0.1) is 0 Å². The highest BCUT2D eigenvalue weighted by atomic mass is 79.9. The maximum atomic E-state index is 9.59. The van der Waals surface area contributed by atoms with E-state index in [2.05, 4.69) is 38.8 Å². The van der Waals surface area contributed by atoms with E-state index in [-0.39, 0.29) is 0 Å². The number of hydrogen-bond acceptors (Lipinski definition) is 1. The molecule has 0 radical (unpaired) electrons. The fourth-order valence-corrected chi connectivity index (χ4v) is 2.08. The Hall–Kier alpha value is -0.0200. The summed E-state index contributed by atoms with van der Waals surface area (Å²) >= 11 is 6.87. The standard InChI is InChI=1S/C10H12Br2O/c1-2-3-4-7-9(13)6-5-8(11)10(7)12/h5-6,13H,2-4H2,1H3. The summed E-state index contributed by atoms with van der Waals surface area (Å²) in [4.78, 5) is 0. The number of phenols is 1. The zero-order valence-electron chi connectivity index (χ0n) is 7.48. The van der Waals surface area contributed by atoms with E-state index in [0.29, 0.717) is 5.75 Å². The van der Waals surface area contributed by atoms with Crippen LogP contribution in [0.5, 0.6) is 5.75 Å². The van der Waals surface area contributed by atoms with Gasteiger partial charge in [0.1, 0.15) is 5.75 Å². The minimum absolute atomic E-state index is 0.378. The molecule has 1 rings (SSSR count). The van der Waals surface area contributed by atoms with Gasteiger partial charge in [0.15, 0.2) is 0 Å². The van der Waals surface area contributed by atoms with Crippen LogP contribution in [-0.4, -0.2) is 5.11 Å². The van der Waals surface area contributed by atoms with E-state index in [1.54, 1.807) is 6.07 Å². The summed E-state index contributed by atoms with van der Waals surface area (Å²) < 4.78 is 1.97. The molecule has 3 heteroatoms. The monoisotopic (exact) mass is 306 g/mol. The molecule has 1 nitrogen and oxygen atoms in total. The molecule has 0 heterocycles. The van der Waals surface area contributed by atoms with E-state index in [0.717, 1.165) is 33.8 Å². The minimum Gasteiger partial charge on any atom is -0.508 e. The predicted octanol–water partition coefficient (Wildman–Crippen LogP) is 4.26. The van der Waals surface area contributed by atoms with Crippen molar-refractivity contribution in [3.8, 4) is 5.75 Å². The lowest BCUT2D eigenvalue weighted by Crippen LogP contribution is -1.88. The smallest absolute Gasteiger partial charge is 0.119 e. The molecule has 0 atom stereocenters. The Balaban J connectivity index is 2.96. The molecule has 0 aliphatic rings. The molecule has 1 aromatic carbocycles. The summed E-state index contributed by atoms with van der Waals surface area (Å²) in [6.45, 7) is 2.14. The summed E-state index contributed by atoms with van der Waals surface area (Å²) in [5.41, 5.74) is 0.997. The number of rotatable bonds is 3. The molecule has 0 amide bonds. The summed E-state index contributed by atoms with van der Waals surface area (Å²) in [6, 6.07) is 3.56. The average molecular weight is 308 g/mol. The lowest BCUT2D eigenvalue weighted by Gasteiger charge is -2.07. The van der Waals surface area contributed by atoms with Crippen LogP contribution in [0.15, 0.2) is 21.1 Å². The van der Waals surface area contributed by atoms with Gasteiger partial charge in [0.2, 0.25) is 0 Å². The molecular formula is C10H12Br2O. The molecule has 0 saturated carbocycles. The molecule has 0 aromatic heterocycles. The number of aromatic hydroxyl groups is 1. The first-order valence-electron chi connectivity index (χ1n) is 4.32. The Morgan fingerprint density at radius 3 is 2.62 bits per heavy atom. The number of phenolic OH excluding ortho intramolecular Hbond substituents is 1. The van der Waals surface area contributed by atoms with Crippen LogP contribution in [0.2, 0.25) is 0 Å². The van der Waals surface area contributed by atoms with Crippen LogP contribution in [0.25, 0.3) is 0 Å². The molecule has 0 fully saturated rings. The number of unbranched alkanes of at least 4 members (excludes halogenated alkanes) is 1. The zero-order chi connectivity index (χ0) is 9.84. The third-order valence-corrected chi connectivity index (χ3v) is 4.05. The van der Waals surface area contributed by atoms with Gasteiger partial charge in [0, 0.05) is 14.5 Å². The first kappa shape index (κ1) is 11.1. The van der Waals surface area contributed by atoms with Gasteiger partial charge in [-0.2, -0.15) is 0 Å². The Bertz CT molecular complexity index is 297. The van der Waals surface area contributed by atoms with Gasteiger partial charge in [0.25, 0.3) is 0 Å². The number of halogens is 2. The highest BCUT2D eigenvalue weighted by molar-refractivity contribution is 9.13. The first-order chi connectivity index (χ1) is 6.16. The van der Waals surface area contributed by atoms with Gasteiger partial charge >= 0.3 is 0 Å². The van der Waals surface area contributed by atoms with E-state index in [4.69, 9.17) is 0 Å². The maximum Gasteiger partial charge on any atom is 0.119 e. The summed E-state index contributed by atoms with van der Waals surface area (Å²) in [5.74, 6) is 0.378. The Morgan fingerprint density at radius 2 is 2.00 bits per heavy atom. The largest absolute Gasteiger partial charge is 0.508 e. The van der Waals surface area contributed by atoms with Crippen LogP contribution < -0.4 is 0 Å². The van der Waals surface area contributed by atoms with Crippen molar-refractivity contribution in [3.05, 3.63) is 26.6 Å². The van der Waals surface area contributed by atoms with Crippen LogP contribution in [0.3, 0.4) is 0 Å². The molecule has 0 unspecified atom stereocenters. The van der Waals surface area contributed by atoms with Crippen molar-refractivity contribution in [2.45, 2.75) is 26.2 Å². The van der Waals surface area contributed by atoms with Gasteiger partial charge in [-0.25, -0.2) is 0 Å². The Labute approximate surface area is 95.4 Å². The van der Waals surface area contributed by atoms with Gasteiger partial charge in [-0.15, -0.1) is 0 Å². The van der Waals surface area contributed by atoms with Crippen LogP contribution in [0.1, 0.15) is 25.3 Å². The summed E-state index contributed by atoms with van der Waals surface area (Å²) in [7, 11) is 0. The molecule has 1 N–H and O–H groups in total. The molecule has 0 aliphatic carbocycles. The number of benzene rings is 1. The van der Waals surface area contributed by atoms with Crippen LogP contribution in [0.4, 0.5) is 0 Å². The maximum absolute atomic E-state index is 9.59. The van der Waals surface area contributed by atoms with Gasteiger partial charge in [-0.05, 0) is 56.8 Å². The van der Waals surface area contributed by atoms with Crippen molar-refractivity contribution in [1.82, 2.24) is 0 Å². The lowest BCUT2D eigenvalue weighted by molar-refractivity contribution is 0.466. The average Bonchev–Trinajstić information content (AvgIpc) is 2.12. The SMILES string of the molecule is CCCCc1c(O)ccc(Br)c1Br. The van der Waals surface area contributed by atoms with Crippen molar-refractivity contribution in [1.29, 1.82) is 0 Å². The summed E-state index contributed by atoms with van der Waals surface area (Å²) in [6.07, 6.45) is 3.16. The molecule has 72 valence electrons. The topological polar surface area (TPSA) is 20.2 Å². The zero-order valence-corrected chi connectivity index (χ0v) is 10.7. The van der Waals surface area contributed by atoms with E-state index >= 15 is 0 Å². The third kappa shape index (κ3) is 2.71. The Morgan fingerprint density at radius 1 is 1.31 bits per heavy atom. The van der Waals surface area contributed by atoms with Gasteiger partial charge in [-0.1, -0.05) is 13.3 Å². The fraction of sp³-hybridized carbons (Fsp3) is 0.400. The van der Waals surface area contributed by atoms with Crippen molar-refractivity contribution >= 4 is 31.9 Å². The highest BCUT2D eigenvalue weighted by Crippen LogP contribution is 2.33. The second kappa shape index (κ2) is 5.01. The van der Waals surface area contributed by atoms with Crippen molar-refractivity contribution in [2.75, 3.05) is 0 Å². The molecule has 1 aromatic rings. The van der Waals surface area contributed by atoms with Crippen LogP contribution in [0, 0.1) is 0 Å². The molecule has 0 spiro atoms. The van der Waals surface area contributed by atoms with E-state index < -0.39 is 0 Å². The minimum atomic E-state index is 0.378. The molecule has 13 heavy (non-hydrogen) atoms. The predicted molar refractivity (Wildman–Crippen MR) is 62.1 cm³/mol. The highest BCUT2D eigenvalue weighted by Gasteiger charge is 2.08. The molecule has 0 saturated heterocycles. The normalized spacial score (nSPS) is 10.4. The third-order valence-electron chi connectivity index (χ3n) is 1.95. The second-order valence-electron chi connectivity index (χ2n) is 2.96. The van der Waals surface area contributed by atoms with Crippen LogP contribution in [-0.2, 0) is 6.42 Å². The van der Waals surface area contributed by atoms with Crippen molar-refractivity contribution < 1.29 is 5.11 Å². The van der Waals surface area contributed by atoms with Gasteiger partial charge in [-0.3, -0.25) is 0 Å². The van der Waals surface area contributed by atoms with E-state index in [1.165, 1.54) is 0 Å². The van der Waals surface area contributed by atoms with E-state index in [1.807, 2.05) is 6.07 Å². The quantitative estimate of drug-likeness (QED) is 0.884. The molecule has 0 aliphatic heterocycles. The van der Waals surface area contributed by atoms with Crippen molar-refractivity contribution in [2.24, 2.45) is 0 Å². The molecule has 0 bridgehead atoms. The Kier molecular flexibility index (Phi) is 4.26. The lowest BCUT2D eigenvalue weighted by atomic mass is 10.1. The van der Waals surface area contributed by atoms with Crippen LogP contribution >= 0.6 is 31.9 Å². The van der Waals surface area contributed by atoms with Gasteiger partial charge < -0.3 is 5.11 Å². The van der Waals surface area contributed by atoms with E-state index in [9.17, 15) is 5.11 Å². The second-order valence-corrected chi connectivity index (χ2v) is 4.61.